The Bertz CT molecular complexity index is 373. The fraction of sp³-hybridized carbons (Fsp3) is 0.500. The number of piperidine rings is 1. The van der Waals surface area contributed by atoms with Crippen LogP contribution >= 0.6 is 0 Å². The van der Waals surface area contributed by atoms with Crippen molar-refractivity contribution in [2.24, 2.45) is 5.92 Å². The van der Waals surface area contributed by atoms with Gasteiger partial charge in [-0.3, -0.25) is 0 Å². The Labute approximate surface area is 105 Å². The quantitative estimate of drug-likeness (QED) is 0.745. The van der Waals surface area contributed by atoms with E-state index >= 15 is 0 Å². The molecule has 0 radical (unpaired) electrons. The van der Waals surface area contributed by atoms with Crippen molar-refractivity contribution in [1.29, 1.82) is 0 Å². The van der Waals surface area contributed by atoms with Crippen LogP contribution in [0.5, 0.6) is 0 Å². The maximum Gasteiger partial charge on any atom is 0.0439 e. The van der Waals surface area contributed by atoms with Crippen LogP contribution in [0.2, 0.25) is 0 Å². The Hall–Kier alpha value is -1.24. The van der Waals surface area contributed by atoms with Crippen LogP contribution in [-0.2, 0) is 0 Å². The molecule has 1 heteroatoms. The van der Waals surface area contributed by atoms with Gasteiger partial charge in [0.15, 0.2) is 0 Å². The van der Waals surface area contributed by atoms with E-state index < -0.39 is 0 Å². The molecule has 1 aromatic carbocycles. The summed E-state index contributed by atoms with van der Waals surface area (Å²) in [6, 6.07) is 8.76. The van der Waals surface area contributed by atoms with E-state index in [0.717, 1.165) is 0 Å². The van der Waals surface area contributed by atoms with Gasteiger partial charge in [0.05, 0.1) is 0 Å². The molecule has 1 aliphatic rings. The molecule has 0 N–H and O–H groups in total. The summed E-state index contributed by atoms with van der Waals surface area (Å²) in [6.45, 7) is 6.87. The number of anilines is 1. The first-order valence-electron chi connectivity index (χ1n) is 6.79. The largest absolute Gasteiger partial charge is 0.371 e. The van der Waals surface area contributed by atoms with Crippen molar-refractivity contribution in [2.45, 2.75) is 33.1 Å². The summed E-state index contributed by atoms with van der Waals surface area (Å²) in [5, 5.41) is 0. The van der Waals surface area contributed by atoms with Crippen molar-refractivity contribution in [1.82, 2.24) is 0 Å². The van der Waals surface area contributed by atoms with Gasteiger partial charge in [0.25, 0.3) is 0 Å². The molecule has 0 aliphatic carbocycles. The van der Waals surface area contributed by atoms with Crippen molar-refractivity contribution in [3.05, 3.63) is 35.9 Å². The number of rotatable bonds is 3. The van der Waals surface area contributed by atoms with Crippen LogP contribution in [0.3, 0.4) is 0 Å². The standard InChI is InChI=1S/C16H23N/c1-14(2)10-11-15-8-4-5-9-16(15)17-12-6-3-7-13-17/h4-5,8-11,14H,3,6-7,12-13H2,1-2H3. The molecule has 1 fully saturated rings. The van der Waals surface area contributed by atoms with Gasteiger partial charge in [-0.2, -0.15) is 0 Å². The first-order chi connectivity index (χ1) is 8.27. The van der Waals surface area contributed by atoms with Crippen LogP contribution in [0.1, 0.15) is 38.7 Å². The number of hydrogen-bond acceptors (Lipinski definition) is 1. The smallest absolute Gasteiger partial charge is 0.0439 e. The third-order valence-electron chi connectivity index (χ3n) is 3.29. The second-order valence-electron chi connectivity index (χ2n) is 5.21. The van der Waals surface area contributed by atoms with E-state index in [1.165, 1.54) is 43.6 Å². The summed E-state index contributed by atoms with van der Waals surface area (Å²) < 4.78 is 0. The number of para-hydroxylation sites is 1. The van der Waals surface area contributed by atoms with Crippen molar-refractivity contribution in [3.8, 4) is 0 Å². The monoisotopic (exact) mass is 229 g/mol. The SMILES string of the molecule is CC(C)C=Cc1ccccc1N1CCCCC1. The molecule has 0 aromatic heterocycles. The highest BCUT2D eigenvalue weighted by molar-refractivity contribution is 5.67. The summed E-state index contributed by atoms with van der Waals surface area (Å²) in [5.41, 5.74) is 2.77. The fourth-order valence-corrected chi connectivity index (χ4v) is 2.35. The lowest BCUT2D eigenvalue weighted by molar-refractivity contribution is 0.577. The van der Waals surface area contributed by atoms with Gasteiger partial charge in [0.1, 0.15) is 0 Å². The van der Waals surface area contributed by atoms with Crippen LogP contribution in [0.4, 0.5) is 5.69 Å². The molecule has 0 spiro atoms. The second kappa shape index (κ2) is 5.90. The van der Waals surface area contributed by atoms with Crippen molar-refractivity contribution in [3.63, 3.8) is 0 Å². The van der Waals surface area contributed by atoms with Crippen molar-refractivity contribution < 1.29 is 0 Å². The first kappa shape index (κ1) is 12.2. The molecule has 1 heterocycles. The Morgan fingerprint density at radius 1 is 1.06 bits per heavy atom. The summed E-state index contributed by atoms with van der Waals surface area (Å²) in [7, 11) is 0. The normalized spacial score (nSPS) is 17.0. The third kappa shape index (κ3) is 3.36. The van der Waals surface area contributed by atoms with E-state index in [9.17, 15) is 0 Å². The predicted molar refractivity (Wildman–Crippen MR) is 76.4 cm³/mol. The van der Waals surface area contributed by atoms with E-state index in [1.54, 1.807) is 0 Å². The first-order valence-corrected chi connectivity index (χ1v) is 6.79. The minimum atomic E-state index is 0.615. The van der Waals surface area contributed by atoms with E-state index in [1.807, 2.05) is 0 Å². The molecule has 0 saturated carbocycles. The highest BCUT2D eigenvalue weighted by Gasteiger charge is 2.12. The van der Waals surface area contributed by atoms with Crippen molar-refractivity contribution >= 4 is 11.8 Å². The Kier molecular flexibility index (Phi) is 4.24. The van der Waals surface area contributed by atoms with Crippen LogP contribution in [-0.4, -0.2) is 13.1 Å². The van der Waals surface area contributed by atoms with Crippen LogP contribution < -0.4 is 4.90 Å². The minimum Gasteiger partial charge on any atom is -0.371 e. The Morgan fingerprint density at radius 3 is 2.47 bits per heavy atom. The highest BCUT2D eigenvalue weighted by Crippen LogP contribution is 2.25. The molecule has 0 amide bonds. The Balaban J connectivity index is 2.20. The van der Waals surface area contributed by atoms with Gasteiger partial charge in [-0.25, -0.2) is 0 Å². The lowest BCUT2D eigenvalue weighted by atomic mass is 10.1. The fourth-order valence-electron chi connectivity index (χ4n) is 2.35. The van der Waals surface area contributed by atoms with E-state index in [2.05, 4.69) is 55.2 Å². The lowest BCUT2D eigenvalue weighted by Crippen LogP contribution is -2.29. The van der Waals surface area contributed by atoms with E-state index in [-0.39, 0.29) is 0 Å². The molecule has 2 rings (SSSR count). The zero-order valence-corrected chi connectivity index (χ0v) is 11.0. The second-order valence-corrected chi connectivity index (χ2v) is 5.21. The van der Waals surface area contributed by atoms with Crippen LogP contribution in [0.25, 0.3) is 6.08 Å². The van der Waals surface area contributed by atoms with Gasteiger partial charge in [-0.1, -0.05) is 44.2 Å². The number of nitrogens with zero attached hydrogens (tertiary/aromatic N) is 1. The maximum absolute atomic E-state index is 2.53. The molecule has 0 atom stereocenters. The van der Waals surface area contributed by atoms with Gasteiger partial charge < -0.3 is 4.90 Å². The summed E-state index contributed by atoms with van der Waals surface area (Å²) >= 11 is 0. The maximum atomic E-state index is 2.53. The zero-order valence-electron chi connectivity index (χ0n) is 11.0. The minimum absolute atomic E-state index is 0.615. The van der Waals surface area contributed by atoms with Gasteiger partial charge in [-0.05, 0) is 36.8 Å². The summed E-state index contributed by atoms with van der Waals surface area (Å²) in [4.78, 5) is 2.53. The highest BCUT2D eigenvalue weighted by atomic mass is 15.1. The third-order valence-corrected chi connectivity index (χ3v) is 3.29. The number of allylic oxidation sites excluding steroid dienone is 1. The zero-order chi connectivity index (χ0) is 12.1. The molecule has 92 valence electrons. The number of benzene rings is 1. The number of hydrogen-bond donors (Lipinski definition) is 0. The van der Waals surface area contributed by atoms with Gasteiger partial charge in [0, 0.05) is 18.8 Å². The average molecular weight is 229 g/mol. The molecule has 0 unspecified atom stereocenters. The van der Waals surface area contributed by atoms with E-state index in [0.29, 0.717) is 5.92 Å². The molecule has 1 aromatic rings. The molecule has 1 nitrogen and oxygen atoms in total. The molecule has 1 aliphatic heterocycles. The summed E-state index contributed by atoms with van der Waals surface area (Å²) in [6.07, 6.45) is 8.61. The molecule has 1 saturated heterocycles. The summed E-state index contributed by atoms with van der Waals surface area (Å²) in [5.74, 6) is 0.615. The topological polar surface area (TPSA) is 3.24 Å². The molecular weight excluding hydrogens is 206 g/mol. The van der Waals surface area contributed by atoms with Crippen LogP contribution in [0, 0.1) is 5.92 Å². The Morgan fingerprint density at radius 2 is 1.76 bits per heavy atom. The van der Waals surface area contributed by atoms with Gasteiger partial charge in [-0.15, -0.1) is 0 Å². The average Bonchev–Trinajstić information content (AvgIpc) is 2.38. The molecule has 17 heavy (non-hydrogen) atoms. The van der Waals surface area contributed by atoms with Crippen LogP contribution in [0.15, 0.2) is 30.3 Å². The van der Waals surface area contributed by atoms with Crippen molar-refractivity contribution in [2.75, 3.05) is 18.0 Å². The van der Waals surface area contributed by atoms with Gasteiger partial charge >= 0.3 is 0 Å². The van der Waals surface area contributed by atoms with Gasteiger partial charge in [0.2, 0.25) is 0 Å². The molecule has 0 bridgehead atoms. The predicted octanol–water partition coefficient (Wildman–Crippen LogP) is 4.35. The lowest BCUT2D eigenvalue weighted by Gasteiger charge is -2.30. The van der Waals surface area contributed by atoms with E-state index in [4.69, 9.17) is 0 Å². The molecular formula is C16H23N.